The molecule has 0 bridgehead atoms. The Morgan fingerprint density at radius 1 is 0.929 bits per heavy atom. The lowest BCUT2D eigenvalue weighted by Gasteiger charge is -2.33. The van der Waals surface area contributed by atoms with E-state index in [4.69, 9.17) is 14.2 Å². The van der Waals surface area contributed by atoms with E-state index in [1.165, 1.54) is 53.9 Å². The lowest BCUT2D eigenvalue weighted by Crippen LogP contribution is -2.41. The molecular weight excluding hydrogens is 522 g/mol. The van der Waals surface area contributed by atoms with Gasteiger partial charge >= 0.3 is 0 Å². The van der Waals surface area contributed by atoms with Crippen molar-refractivity contribution in [2.45, 2.75) is 50.9 Å². The number of nitrogens with zero attached hydrogens (tertiary/aromatic N) is 2. The lowest BCUT2D eigenvalue weighted by molar-refractivity contribution is 0.0106. The summed E-state index contributed by atoms with van der Waals surface area (Å²) in [7, 11) is 1.76. The maximum Gasteiger partial charge on any atom is 0.142 e. The predicted octanol–water partition coefficient (Wildman–Crippen LogP) is 5.65. The number of hydrogen-bond donors (Lipinski definition) is 1. The van der Waals surface area contributed by atoms with Gasteiger partial charge < -0.3 is 24.4 Å². The van der Waals surface area contributed by atoms with Gasteiger partial charge in [0.25, 0.3) is 0 Å². The first-order valence-corrected chi connectivity index (χ1v) is 15.9. The van der Waals surface area contributed by atoms with Crippen molar-refractivity contribution in [1.29, 1.82) is 0 Å². The highest BCUT2D eigenvalue weighted by molar-refractivity contribution is 5.61. The second kappa shape index (κ2) is 14.5. The van der Waals surface area contributed by atoms with Crippen LogP contribution in [-0.2, 0) is 29.0 Å². The Balaban J connectivity index is 1.03. The number of hydrogen-bond acceptors (Lipinski definition) is 6. The molecule has 3 heterocycles. The zero-order valence-electron chi connectivity index (χ0n) is 25.2. The van der Waals surface area contributed by atoms with Crippen molar-refractivity contribution in [2.75, 3.05) is 64.5 Å². The smallest absolute Gasteiger partial charge is 0.142 e. The van der Waals surface area contributed by atoms with Crippen LogP contribution >= 0.6 is 0 Å². The summed E-state index contributed by atoms with van der Waals surface area (Å²) in [5, 5.41) is 3.57. The molecule has 0 radical (unpaired) electrons. The number of nitrogens with one attached hydrogen (secondary N) is 1. The molecule has 42 heavy (non-hydrogen) atoms. The van der Waals surface area contributed by atoms with Crippen LogP contribution in [0.1, 0.15) is 47.4 Å². The Morgan fingerprint density at radius 2 is 1.79 bits per heavy atom. The number of rotatable bonds is 12. The number of ether oxygens (including phenoxy) is 3. The molecule has 0 saturated carbocycles. The third-order valence-corrected chi connectivity index (χ3v) is 9.20. The SMILES string of the molecule is COCCCN1CCOc2ccc(CO[C@H]3CNCC[C@@H]3c3ccc(CN4CCC(Cc5ccccc5)C4)cc3)cc21. The van der Waals surface area contributed by atoms with Gasteiger partial charge in [-0.2, -0.15) is 0 Å². The first-order chi connectivity index (χ1) is 20.7. The minimum atomic E-state index is 0.159. The van der Waals surface area contributed by atoms with Gasteiger partial charge in [-0.25, -0.2) is 0 Å². The van der Waals surface area contributed by atoms with Crippen molar-refractivity contribution in [3.8, 4) is 5.75 Å². The Bertz CT molecular complexity index is 1250. The average molecular weight is 570 g/mol. The van der Waals surface area contributed by atoms with Crippen LogP contribution in [-0.4, -0.2) is 70.6 Å². The highest BCUT2D eigenvalue weighted by Gasteiger charge is 2.28. The van der Waals surface area contributed by atoms with Gasteiger partial charge in [0, 0.05) is 45.8 Å². The van der Waals surface area contributed by atoms with E-state index in [-0.39, 0.29) is 6.10 Å². The van der Waals surface area contributed by atoms with Gasteiger partial charge in [0.2, 0.25) is 0 Å². The van der Waals surface area contributed by atoms with Crippen molar-refractivity contribution in [3.05, 3.63) is 95.1 Å². The fraction of sp³-hybridized carbons (Fsp3) is 0.500. The molecule has 6 nitrogen and oxygen atoms in total. The van der Waals surface area contributed by atoms with Crippen LogP contribution in [0.25, 0.3) is 0 Å². The number of piperidine rings is 1. The van der Waals surface area contributed by atoms with Crippen molar-refractivity contribution >= 4 is 5.69 Å². The maximum atomic E-state index is 6.61. The molecule has 2 fully saturated rings. The third kappa shape index (κ3) is 7.54. The van der Waals surface area contributed by atoms with E-state index in [0.29, 0.717) is 12.5 Å². The van der Waals surface area contributed by atoms with E-state index in [2.05, 4.69) is 87.9 Å². The normalized spacial score (nSPS) is 22.6. The molecule has 1 unspecified atom stereocenters. The van der Waals surface area contributed by atoms with Gasteiger partial charge in [-0.05, 0) is 79.1 Å². The zero-order chi connectivity index (χ0) is 28.6. The highest BCUT2D eigenvalue weighted by atomic mass is 16.5. The van der Waals surface area contributed by atoms with Crippen molar-refractivity contribution in [2.24, 2.45) is 5.92 Å². The number of anilines is 1. The first kappa shape index (κ1) is 29.2. The van der Waals surface area contributed by atoms with Gasteiger partial charge in [-0.1, -0.05) is 60.7 Å². The molecule has 3 aromatic carbocycles. The third-order valence-electron chi connectivity index (χ3n) is 9.20. The molecule has 224 valence electrons. The van der Waals surface area contributed by atoms with E-state index in [1.54, 1.807) is 7.11 Å². The van der Waals surface area contributed by atoms with Crippen LogP contribution in [0.5, 0.6) is 5.75 Å². The summed E-state index contributed by atoms with van der Waals surface area (Å²) >= 11 is 0. The van der Waals surface area contributed by atoms with Crippen LogP contribution in [0.4, 0.5) is 5.69 Å². The summed E-state index contributed by atoms with van der Waals surface area (Å²) in [4.78, 5) is 5.04. The first-order valence-electron chi connectivity index (χ1n) is 15.9. The van der Waals surface area contributed by atoms with Crippen molar-refractivity contribution < 1.29 is 14.2 Å². The van der Waals surface area contributed by atoms with E-state index < -0.39 is 0 Å². The number of fused-ring (bicyclic) bond motifs is 1. The Labute approximate surface area is 252 Å². The molecule has 6 rings (SSSR count). The highest BCUT2D eigenvalue weighted by Crippen LogP contribution is 2.34. The van der Waals surface area contributed by atoms with E-state index in [9.17, 15) is 0 Å². The van der Waals surface area contributed by atoms with Crippen molar-refractivity contribution in [1.82, 2.24) is 10.2 Å². The predicted molar refractivity (Wildman–Crippen MR) is 169 cm³/mol. The maximum absolute atomic E-state index is 6.61. The van der Waals surface area contributed by atoms with Crippen LogP contribution in [0.2, 0.25) is 0 Å². The Kier molecular flexibility index (Phi) is 10.1. The molecule has 3 aliphatic heterocycles. The molecule has 0 aromatic heterocycles. The van der Waals surface area contributed by atoms with Crippen LogP contribution < -0.4 is 15.0 Å². The van der Waals surface area contributed by atoms with E-state index in [0.717, 1.165) is 70.4 Å². The number of likely N-dealkylation sites (tertiary alicyclic amines) is 1. The minimum Gasteiger partial charge on any atom is -0.490 e. The second-order valence-corrected chi connectivity index (χ2v) is 12.3. The average Bonchev–Trinajstić information content (AvgIpc) is 3.47. The van der Waals surface area contributed by atoms with Gasteiger partial charge in [0.05, 0.1) is 24.9 Å². The van der Waals surface area contributed by atoms with Gasteiger partial charge in [0.15, 0.2) is 0 Å². The quantitative estimate of drug-likeness (QED) is 0.285. The Morgan fingerprint density at radius 3 is 2.64 bits per heavy atom. The topological polar surface area (TPSA) is 46.2 Å². The molecule has 2 saturated heterocycles. The molecule has 0 aliphatic carbocycles. The summed E-state index contributed by atoms with van der Waals surface area (Å²) in [5.74, 6) is 2.15. The molecule has 0 spiro atoms. The molecule has 3 aliphatic rings. The summed E-state index contributed by atoms with van der Waals surface area (Å²) in [6.45, 7) is 9.38. The summed E-state index contributed by atoms with van der Waals surface area (Å²) in [5.41, 5.74) is 6.66. The molecular formula is C36H47N3O3. The molecule has 6 heteroatoms. The van der Waals surface area contributed by atoms with Crippen LogP contribution in [0, 0.1) is 5.92 Å². The van der Waals surface area contributed by atoms with Crippen LogP contribution in [0.15, 0.2) is 72.8 Å². The molecule has 3 atom stereocenters. The van der Waals surface area contributed by atoms with Gasteiger partial charge in [-0.15, -0.1) is 0 Å². The Hall–Kier alpha value is -2.90. The minimum absolute atomic E-state index is 0.159. The summed E-state index contributed by atoms with van der Waals surface area (Å²) in [6, 6.07) is 26.9. The summed E-state index contributed by atoms with van der Waals surface area (Å²) in [6.07, 6.45) is 4.76. The van der Waals surface area contributed by atoms with E-state index >= 15 is 0 Å². The summed E-state index contributed by atoms with van der Waals surface area (Å²) < 4.78 is 17.8. The molecule has 3 aromatic rings. The van der Waals surface area contributed by atoms with Crippen LogP contribution in [0.3, 0.4) is 0 Å². The molecule has 1 N–H and O–H groups in total. The molecule has 0 amide bonds. The fourth-order valence-electron chi connectivity index (χ4n) is 6.93. The van der Waals surface area contributed by atoms with E-state index in [1.807, 2.05) is 0 Å². The fourth-order valence-corrected chi connectivity index (χ4v) is 6.93. The second-order valence-electron chi connectivity index (χ2n) is 12.3. The zero-order valence-corrected chi connectivity index (χ0v) is 25.2. The van der Waals surface area contributed by atoms with Crippen molar-refractivity contribution in [3.63, 3.8) is 0 Å². The number of methoxy groups -OCH3 is 1. The lowest BCUT2D eigenvalue weighted by atomic mass is 9.87. The van der Waals surface area contributed by atoms with Gasteiger partial charge in [-0.3, -0.25) is 4.90 Å². The monoisotopic (exact) mass is 569 g/mol. The largest absolute Gasteiger partial charge is 0.490 e. The number of benzene rings is 3. The van der Waals surface area contributed by atoms with Gasteiger partial charge in [0.1, 0.15) is 12.4 Å². The standard InChI is InChI=1S/C36H47N3O3/c1-40-20-5-17-39-19-21-41-35-13-10-31(23-34(35)39)27-42-36-24-37-16-14-33(36)32-11-8-29(9-12-32)25-38-18-15-30(26-38)22-28-6-3-2-4-7-28/h2-4,6-13,23,30,33,36-37H,5,14-22,24-27H2,1H3/t30?,33-,36+/m1/s1.